The van der Waals surface area contributed by atoms with Crippen LogP contribution in [0, 0.1) is 5.92 Å². The molecule has 114 valence electrons. The van der Waals surface area contributed by atoms with E-state index in [4.69, 9.17) is 9.47 Å². The van der Waals surface area contributed by atoms with E-state index in [1.807, 2.05) is 24.3 Å². The Labute approximate surface area is 128 Å². The minimum atomic E-state index is 0.228. The average molecular weight is 298 g/mol. The Morgan fingerprint density at radius 1 is 1.18 bits per heavy atom. The van der Waals surface area contributed by atoms with Crippen molar-refractivity contribution in [1.82, 2.24) is 15.8 Å². The van der Waals surface area contributed by atoms with Crippen molar-refractivity contribution in [3.05, 3.63) is 48.2 Å². The zero-order chi connectivity index (χ0) is 14.8. The van der Waals surface area contributed by atoms with Gasteiger partial charge in [-0.3, -0.25) is 5.43 Å². The smallest absolute Gasteiger partial charge is 0.231 e. The molecule has 1 saturated heterocycles. The topological polar surface area (TPSA) is 67.4 Å². The minimum Gasteiger partial charge on any atom is -0.454 e. The fourth-order valence-electron chi connectivity index (χ4n) is 2.89. The fourth-order valence-corrected chi connectivity index (χ4v) is 2.89. The highest BCUT2D eigenvalue weighted by atomic mass is 16.7. The number of hydrogen-bond donors (Lipinski definition) is 3. The second-order valence-corrected chi connectivity index (χ2v) is 5.47. The molecule has 2 aliphatic rings. The summed E-state index contributed by atoms with van der Waals surface area (Å²) in [5.74, 6) is 2.96. The van der Waals surface area contributed by atoms with Crippen LogP contribution in [0.5, 0.6) is 11.5 Å². The third-order valence-corrected chi connectivity index (χ3v) is 4.06. The Kier molecular flexibility index (Phi) is 3.54. The van der Waals surface area contributed by atoms with Gasteiger partial charge in [0.1, 0.15) is 5.82 Å². The molecule has 2 aliphatic heterocycles. The van der Waals surface area contributed by atoms with Gasteiger partial charge >= 0.3 is 0 Å². The minimum absolute atomic E-state index is 0.228. The summed E-state index contributed by atoms with van der Waals surface area (Å²) < 4.78 is 10.8. The first kappa shape index (κ1) is 13.4. The van der Waals surface area contributed by atoms with Crippen molar-refractivity contribution in [2.75, 3.05) is 25.2 Å². The molecule has 3 heterocycles. The molecule has 0 amide bonds. The van der Waals surface area contributed by atoms with Gasteiger partial charge in [0, 0.05) is 25.2 Å². The van der Waals surface area contributed by atoms with E-state index >= 15 is 0 Å². The van der Waals surface area contributed by atoms with E-state index in [0.717, 1.165) is 30.4 Å². The summed E-state index contributed by atoms with van der Waals surface area (Å²) in [5.41, 5.74) is 7.78. The van der Waals surface area contributed by atoms with Gasteiger partial charge in [-0.05, 0) is 29.8 Å². The van der Waals surface area contributed by atoms with E-state index in [2.05, 4.69) is 33.3 Å². The van der Waals surface area contributed by atoms with Gasteiger partial charge < -0.3 is 14.8 Å². The van der Waals surface area contributed by atoms with E-state index < -0.39 is 0 Å². The van der Waals surface area contributed by atoms with Crippen LogP contribution in [0.3, 0.4) is 0 Å². The molecule has 1 aromatic carbocycles. The fraction of sp³-hybridized carbons (Fsp3) is 0.312. The van der Waals surface area contributed by atoms with Crippen molar-refractivity contribution >= 4 is 5.82 Å². The van der Waals surface area contributed by atoms with Crippen LogP contribution in [0.1, 0.15) is 11.6 Å². The van der Waals surface area contributed by atoms with Crippen molar-refractivity contribution < 1.29 is 9.47 Å². The van der Waals surface area contributed by atoms with Gasteiger partial charge in [0.2, 0.25) is 6.79 Å². The Balaban J connectivity index is 1.47. The predicted octanol–water partition coefficient (Wildman–Crippen LogP) is 1.69. The zero-order valence-electron chi connectivity index (χ0n) is 12.1. The van der Waals surface area contributed by atoms with Crippen molar-refractivity contribution in [3.8, 4) is 11.5 Å². The van der Waals surface area contributed by atoms with Crippen LogP contribution in [0.2, 0.25) is 0 Å². The highest BCUT2D eigenvalue weighted by Gasteiger charge is 2.29. The maximum Gasteiger partial charge on any atom is 0.231 e. The van der Waals surface area contributed by atoms with Crippen LogP contribution < -0.4 is 25.6 Å². The van der Waals surface area contributed by atoms with Gasteiger partial charge in [-0.1, -0.05) is 12.1 Å². The Bertz CT molecular complexity index is 650. The van der Waals surface area contributed by atoms with E-state index in [0.29, 0.717) is 12.7 Å². The Hall–Kier alpha value is -2.31. The van der Waals surface area contributed by atoms with Crippen LogP contribution in [0.25, 0.3) is 0 Å². The third-order valence-electron chi connectivity index (χ3n) is 4.06. The SMILES string of the molecule is c1ccc(NCC2CNNC2c2ccc3c(c2)OCO3)nc1. The van der Waals surface area contributed by atoms with E-state index in [-0.39, 0.29) is 6.04 Å². The van der Waals surface area contributed by atoms with E-state index in [9.17, 15) is 0 Å². The lowest BCUT2D eigenvalue weighted by molar-refractivity contribution is 0.174. The molecule has 0 bridgehead atoms. The monoisotopic (exact) mass is 298 g/mol. The molecule has 1 aromatic heterocycles. The van der Waals surface area contributed by atoms with Crippen molar-refractivity contribution in [3.63, 3.8) is 0 Å². The molecule has 0 aliphatic carbocycles. The summed E-state index contributed by atoms with van der Waals surface area (Å²) >= 11 is 0. The van der Waals surface area contributed by atoms with Gasteiger partial charge in [-0.2, -0.15) is 0 Å². The lowest BCUT2D eigenvalue weighted by Crippen LogP contribution is -2.26. The number of ether oxygens (including phenoxy) is 2. The largest absolute Gasteiger partial charge is 0.454 e. The summed E-state index contributed by atoms with van der Waals surface area (Å²) in [7, 11) is 0. The maximum absolute atomic E-state index is 5.47. The van der Waals surface area contributed by atoms with Crippen LogP contribution in [0.15, 0.2) is 42.6 Å². The molecule has 22 heavy (non-hydrogen) atoms. The van der Waals surface area contributed by atoms with Crippen molar-refractivity contribution in [2.24, 2.45) is 5.92 Å². The lowest BCUT2D eigenvalue weighted by Gasteiger charge is -2.19. The molecular formula is C16H18N4O2. The second kappa shape index (κ2) is 5.82. The number of pyridine rings is 1. The molecule has 0 radical (unpaired) electrons. The molecule has 4 rings (SSSR count). The quantitative estimate of drug-likeness (QED) is 0.798. The first-order valence-corrected chi connectivity index (χ1v) is 7.43. The van der Waals surface area contributed by atoms with Gasteiger partial charge in [-0.15, -0.1) is 0 Å². The number of hydrazine groups is 1. The number of aromatic nitrogens is 1. The molecule has 6 heteroatoms. The number of anilines is 1. The van der Waals surface area contributed by atoms with E-state index in [1.165, 1.54) is 5.56 Å². The summed E-state index contributed by atoms with van der Waals surface area (Å²) in [6.07, 6.45) is 1.79. The number of hydrogen-bond acceptors (Lipinski definition) is 6. The highest BCUT2D eigenvalue weighted by Crippen LogP contribution is 2.36. The molecule has 2 unspecified atom stereocenters. The Morgan fingerprint density at radius 2 is 2.14 bits per heavy atom. The van der Waals surface area contributed by atoms with Crippen LogP contribution >= 0.6 is 0 Å². The summed E-state index contributed by atoms with van der Waals surface area (Å²) in [6, 6.07) is 12.2. The van der Waals surface area contributed by atoms with Crippen molar-refractivity contribution in [2.45, 2.75) is 6.04 Å². The lowest BCUT2D eigenvalue weighted by atomic mass is 9.94. The van der Waals surface area contributed by atoms with Crippen LogP contribution in [-0.2, 0) is 0 Å². The molecular weight excluding hydrogens is 280 g/mol. The van der Waals surface area contributed by atoms with Crippen molar-refractivity contribution in [1.29, 1.82) is 0 Å². The normalized spacial score (nSPS) is 22.7. The standard InChI is InChI=1S/C16H18N4O2/c1-2-6-17-15(3-1)18-8-12-9-19-20-16(12)11-4-5-13-14(7-11)22-10-21-13/h1-7,12,16,19-20H,8-10H2,(H,17,18). The molecule has 0 spiro atoms. The first-order chi connectivity index (χ1) is 10.9. The van der Waals surface area contributed by atoms with Gasteiger partial charge in [-0.25, -0.2) is 10.4 Å². The third kappa shape index (κ3) is 2.58. The average Bonchev–Trinajstić information content (AvgIpc) is 3.22. The number of nitrogens with zero attached hydrogens (tertiary/aromatic N) is 1. The first-order valence-electron chi connectivity index (χ1n) is 7.43. The van der Waals surface area contributed by atoms with Gasteiger partial charge in [0.05, 0.1) is 6.04 Å². The van der Waals surface area contributed by atoms with Crippen LogP contribution in [-0.4, -0.2) is 24.9 Å². The zero-order valence-corrected chi connectivity index (χ0v) is 12.1. The predicted molar refractivity (Wildman–Crippen MR) is 82.7 cm³/mol. The van der Waals surface area contributed by atoms with Gasteiger partial charge in [0.25, 0.3) is 0 Å². The summed E-state index contributed by atoms with van der Waals surface area (Å²) in [6.45, 7) is 2.05. The number of fused-ring (bicyclic) bond motifs is 1. The molecule has 0 saturated carbocycles. The number of rotatable bonds is 4. The Morgan fingerprint density at radius 3 is 3.05 bits per heavy atom. The molecule has 2 aromatic rings. The molecule has 1 fully saturated rings. The van der Waals surface area contributed by atoms with Crippen LogP contribution in [0.4, 0.5) is 5.82 Å². The highest BCUT2D eigenvalue weighted by molar-refractivity contribution is 5.45. The second-order valence-electron chi connectivity index (χ2n) is 5.47. The maximum atomic E-state index is 5.47. The number of benzene rings is 1. The summed E-state index contributed by atoms with van der Waals surface area (Å²) in [4.78, 5) is 4.30. The van der Waals surface area contributed by atoms with E-state index in [1.54, 1.807) is 6.20 Å². The molecule has 2 atom stereocenters. The molecule has 6 nitrogen and oxygen atoms in total. The molecule has 3 N–H and O–H groups in total. The number of nitrogens with one attached hydrogen (secondary N) is 3. The van der Waals surface area contributed by atoms with Gasteiger partial charge in [0.15, 0.2) is 11.5 Å². The summed E-state index contributed by atoms with van der Waals surface area (Å²) in [5, 5.41) is 3.39.